The third-order valence-corrected chi connectivity index (χ3v) is 10.1. The number of ether oxygens (including phenoxy) is 1. The highest BCUT2D eigenvalue weighted by atomic mass is 35.5. The van der Waals surface area contributed by atoms with Crippen LogP contribution in [-0.4, -0.2) is 50.9 Å². The van der Waals surface area contributed by atoms with Crippen LogP contribution in [0.4, 0.5) is 5.69 Å². The second-order valence-corrected chi connectivity index (χ2v) is 13.4. The van der Waals surface area contributed by atoms with Crippen molar-refractivity contribution in [3.8, 4) is 5.75 Å². The fourth-order valence-corrected chi connectivity index (χ4v) is 6.96. The summed E-state index contributed by atoms with van der Waals surface area (Å²) in [7, 11) is -2.73. The van der Waals surface area contributed by atoms with Crippen molar-refractivity contribution < 1.29 is 22.7 Å². The molecular formula is C33H40ClN3O5S. The third-order valence-electron chi connectivity index (χ3n) is 8.03. The standard InChI is InChI=1S/C33H40ClN3O5S/c1-23-14-17-29(18-15-23)43(40,41)37(28-16-19-31(42-4)30(34)20-28)22-32(38)36(21-26-11-9-8-10-24(26)2)25(3)33(39)35-27-12-6-5-7-13-27/h8-11,14-20,25,27H,5-7,12-13,21-22H2,1-4H3,(H,35,39). The van der Waals surface area contributed by atoms with E-state index in [-0.39, 0.29) is 34.1 Å². The van der Waals surface area contributed by atoms with E-state index in [9.17, 15) is 18.0 Å². The average Bonchev–Trinajstić information content (AvgIpc) is 2.99. The summed E-state index contributed by atoms with van der Waals surface area (Å²) in [6.45, 7) is 5.11. The lowest BCUT2D eigenvalue weighted by Crippen LogP contribution is -2.53. The first-order chi connectivity index (χ1) is 20.5. The molecule has 0 aliphatic heterocycles. The van der Waals surface area contributed by atoms with Gasteiger partial charge in [-0.25, -0.2) is 8.42 Å². The van der Waals surface area contributed by atoms with E-state index in [1.807, 2.05) is 38.1 Å². The van der Waals surface area contributed by atoms with Gasteiger partial charge in [-0.2, -0.15) is 0 Å². The molecule has 0 radical (unpaired) electrons. The van der Waals surface area contributed by atoms with Crippen LogP contribution in [0.1, 0.15) is 55.7 Å². The molecule has 43 heavy (non-hydrogen) atoms. The van der Waals surface area contributed by atoms with Crippen molar-refractivity contribution in [3.05, 3.63) is 88.4 Å². The van der Waals surface area contributed by atoms with Gasteiger partial charge in [0.05, 0.1) is 22.7 Å². The van der Waals surface area contributed by atoms with Crippen molar-refractivity contribution in [2.75, 3.05) is 18.0 Å². The van der Waals surface area contributed by atoms with Crippen molar-refractivity contribution in [1.82, 2.24) is 10.2 Å². The largest absolute Gasteiger partial charge is 0.495 e. The number of rotatable bonds is 11. The molecule has 1 unspecified atom stereocenters. The van der Waals surface area contributed by atoms with Crippen LogP contribution >= 0.6 is 11.6 Å². The van der Waals surface area contributed by atoms with Gasteiger partial charge in [-0.1, -0.05) is 72.8 Å². The number of amides is 2. The molecule has 2 amide bonds. The maximum Gasteiger partial charge on any atom is 0.264 e. The number of carbonyl (C=O) groups excluding carboxylic acids is 2. The molecule has 1 aliphatic carbocycles. The van der Waals surface area contributed by atoms with Gasteiger partial charge in [0.25, 0.3) is 10.0 Å². The number of aryl methyl sites for hydroxylation is 2. The predicted molar refractivity (Wildman–Crippen MR) is 170 cm³/mol. The SMILES string of the molecule is COc1ccc(N(CC(=O)N(Cc2ccccc2C)C(C)C(=O)NC2CCCCC2)S(=O)(=O)c2ccc(C)cc2)cc1Cl. The first-order valence-corrected chi connectivity index (χ1v) is 16.4. The summed E-state index contributed by atoms with van der Waals surface area (Å²) >= 11 is 6.40. The topological polar surface area (TPSA) is 96.0 Å². The van der Waals surface area contributed by atoms with E-state index in [0.717, 1.165) is 53.1 Å². The molecule has 8 nitrogen and oxygen atoms in total. The van der Waals surface area contributed by atoms with Gasteiger partial charge in [-0.3, -0.25) is 13.9 Å². The Morgan fingerprint density at radius 3 is 2.30 bits per heavy atom. The summed E-state index contributed by atoms with van der Waals surface area (Å²) < 4.78 is 34.4. The molecule has 3 aromatic carbocycles. The molecule has 1 aliphatic rings. The Morgan fingerprint density at radius 2 is 1.67 bits per heavy atom. The maximum absolute atomic E-state index is 14.2. The number of benzene rings is 3. The van der Waals surface area contributed by atoms with Crippen molar-refractivity contribution in [2.24, 2.45) is 0 Å². The summed E-state index contributed by atoms with van der Waals surface area (Å²) in [5.41, 5.74) is 2.94. The summed E-state index contributed by atoms with van der Waals surface area (Å²) in [6, 6.07) is 17.9. The van der Waals surface area contributed by atoms with Gasteiger partial charge >= 0.3 is 0 Å². The van der Waals surface area contributed by atoms with Crippen LogP contribution in [0, 0.1) is 13.8 Å². The highest BCUT2D eigenvalue weighted by Crippen LogP contribution is 2.32. The molecule has 4 rings (SSSR count). The zero-order chi connectivity index (χ0) is 31.1. The van der Waals surface area contributed by atoms with Crippen LogP contribution < -0.4 is 14.4 Å². The molecule has 1 N–H and O–H groups in total. The van der Waals surface area contributed by atoms with E-state index in [2.05, 4.69) is 5.32 Å². The van der Waals surface area contributed by atoms with E-state index < -0.39 is 28.5 Å². The molecule has 0 heterocycles. The lowest BCUT2D eigenvalue weighted by molar-refractivity contribution is -0.139. The van der Waals surface area contributed by atoms with Crippen molar-refractivity contribution in [1.29, 1.82) is 0 Å². The van der Waals surface area contributed by atoms with E-state index in [0.29, 0.717) is 5.75 Å². The van der Waals surface area contributed by atoms with Crippen LogP contribution in [0.3, 0.4) is 0 Å². The number of methoxy groups -OCH3 is 1. The monoisotopic (exact) mass is 625 g/mol. The molecule has 1 fully saturated rings. The Hall–Kier alpha value is -3.56. The normalized spacial score (nSPS) is 14.5. The highest BCUT2D eigenvalue weighted by molar-refractivity contribution is 7.92. The Morgan fingerprint density at radius 1 is 1.00 bits per heavy atom. The zero-order valence-electron chi connectivity index (χ0n) is 25.2. The van der Waals surface area contributed by atoms with E-state index in [1.54, 1.807) is 31.2 Å². The summed E-state index contributed by atoms with van der Waals surface area (Å²) in [6.07, 6.45) is 5.08. The molecule has 0 bridgehead atoms. The van der Waals surface area contributed by atoms with Crippen molar-refractivity contribution >= 4 is 39.1 Å². The fourth-order valence-electron chi connectivity index (χ4n) is 5.30. The van der Waals surface area contributed by atoms with E-state index in [4.69, 9.17) is 16.3 Å². The maximum atomic E-state index is 14.2. The molecule has 0 saturated heterocycles. The molecule has 1 atom stereocenters. The molecule has 10 heteroatoms. The van der Waals surface area contributed by atoms with Crippen LogP contribution in [-0.2, 0) is 26.2 Å². The lowest BCUT2D eigenvalue weighted by Gasteiger charge is -2.33. The fraction of sp³-hybridized carbons (Fsp3) is 0.394. The number of anilines is 1. The molecule has 0 spiro atoms. The Kier molecular flexibility index (Phi) is 10.7. The first-order valence-electron chi connectivity index (χ1n) is 14.6. The van der Waals surface area contributed by atoms with E-state index >= 15 is 0 Å². The number of nitrogens with zero attached hydrogens (tertiary/aromatic N) is 2. The average molecular weight is 626 g/mol. The van der Waals surface area contributed by atoms with Crippen molar-refractivity contribution in [2.45, 2.75) is 76.4 Å². The van der Waals surface area contributed by atoms with E-state index in [1.165, 1.54) is 30.2 Å². The Labute approximate surface area is 260 Å². The minimum atomic E-state index is -4.20. The van der Waals surface area contributed by atoms with Crippen LogP contribution in [0.2, 0.25) is 5.02 Å². The van der Waals surface area contributed by atoms with Crippen LogP contribution in [0.15, 0.2) is 71.6 Å². The number of nitrogens with one attached hydrogen (secondary N) is 1. The summed E-state index contributed by atoms with van der Waals surface area (Å²) in [5.74, 6) is -0.398. The van der Waals surface area contributed by atoms with Gasteiger partial charge in [0.1, 0.15) is 18.3 Å². The predicted octanol–water partition coefficient (Wildman–Crippen LogP) is 6.03. The Balaban J connectivity index is 1.71. The minimum absolute atomic E-state index is 0.0337. The number of halogens is 1. The third kappa shape index (κ3) is 7.89. The lowest BCUT2D eigenvalue weighted by atomic mass is 9.95. The highest BCUT2D eigenvalue weighted by Gasteiger charge is 2.33. The van der Waals surface area contributed by atoms with Gasteiger partial charge in [0, 0.05) is 12.6 Å². The number of hydrogen-bond donors (Lipinski definition) is 1. The van der Waals surface area contributed by atoms with Gasteiger partial charge in [-0.05, 0) is 75.1 Å². The number of carbonyl (C=O) groups is 2. The van der Waals surface area contributed by atoms with Gasteiger partial charge in [0.15, 0.2) is 0 Å². The second kappa shape index (κ2) is 14.3. The van der Waals surface area contributed by atoms with Gasteiger partial charge < -0.3 is 15.0 Å². The van der Waals surface area contributed by atoms with Gasteiger partial charge in [-0.15, -0.1) is 0 Å². The molecule has 3 aromatic rings. The smallest absolute Gasteiger partial charge is 0.264 e. The quantitative estimate of drug-likeness (QED) is 0.281. The molecular weight excluding hydrogens is 586 g/mol. The van der Waals surface area contributed by atoms with Crippen LogP contribution in [0.5, 0.6) is 5.75 Å². The number of hydrogen-bond acceptors (Lipinski definition) is 5. The second-order valence-electron chi connectivity index (χ2n) is 11.1. The molecule has 0 aromatic heterocycles. The summed E-state index contributed by atoms with van der Waals surface area (Å²) in [5, 5.41) is 3.33. The molecule has 230 valence electrons. The zero-order valence-corrected chi connectivity index (χ0v) is 26.7. The Bertz CT molecular complexity index is 1540. The molecule has 1 saturated carbocycles. The van der Waals surface area contributed by atoms with Crippen molar-refractivity contribution in [3.63, 3.8) is 0 Å². The minimum Gasteiger partial charge on any atom is -0.495 e. The summed E-state index contributed by atoms with van der Waals surface area (Å²) in [4.78, 5) is 29.2. The number of sulfonamides is 1. The van der Waals surface area contributed by atoms with Gasteiger partial charge in [0.2, 0.25) is 11.8 Å². The van der Waals surface area contributed by atoms with Crippen LogP contribution in [0.25, 0.3) is 0 Å². The first kappa shape index (κ1) is 32.4.